The van der Waals surface area contributed by atoms with Crippen LogP contribution in [0.4, 0.5) is 0 Å². The third-order valence-corrected chi connectivity index (χ3v) is 2.34. The standard InChI is InChI=1S/C13H17NO3/c1-14-8-4-3-5-10-6-7-11(13(15)16)9-12(10)17-2/h3,5-7,9,14H,4,8H2,1-2H3,(H,15,16). The first-order valence-electron chi connectivity index (χ1n) is 5.41. The van der Waals surface area contributed by atoms with Crippen molar-refractivity contribution in [2.75, 3.05) is 20.7 Å². The van der Waals surface area contributed by atoms with E-state index in [1.54, 1.807) is 12.1 Å². The van der Waals surface area contributed by atoms with E-state index in [1.807, 2.05) is 19.2 Å². The van der Waals surface area contributed by atoms with Crippen LogP contribution in [0.15, 0.2) is 24.3 Å². The number of hydrogen-bond donors (Lipinski definition) is 2. The Morgan fingerprint density at radius 2 is 2.29 bits per heavy atom. The average Bonchev–Trinajstić information content (AvgIpc) is 2.34. The number of carbonyl (C=O) groups is 1. The first-order chi connectivity index (χ1) is 8.19. The van der Waals surface area contributed by atoms with Gasteiger partial charge in [-0.15, -0.1) is 0 Å². The molecule has 0 radical (unpaired) electrons. The van der Waals surface area contributed by atoms with Crippen molar-refractivity contribution in [2.45, 2.75) is 6.42 Å². The van der Waals surface area contributed by atoms with Crippen LogP contribution in [0.1, 0.15) is 22.3 Å². The van der Waals surface area contributed by atoms with Crippen LogP contribution in [-0.4, -0.2) is 31.8 Å². The van der Waals surface area contributed by atoms with E-state index in [4.69, 9.17) is 9.84 Å². The highest BCUT2D eigenvalue weighted by Crippen LogP contribution is 2.21. The van der Waals surface area contributed by atoms with Crippen LogP contribution < -0.4 is 10.1 Å². The number of carboxylic acid groups (broad SMARTS) is 1. The SMILES string of the molecule is CNCCC=Cc1ccc(C(=O)O)cc1OC. The molecule has 0 amide bonds. The number of carboxylic acids is 1. The molecule has 92 valence electrons. The summed E-state index contributed by atoms with van der Waals surface area (Å²) < 4.78 is 5.16. The second kappa shape index (κ2) is 6.70. The van der Waals surface area contributed by atoms with E-state index in [0.29, 0.717) is 5.75 Å². The summed E-state index contributed by atoms with van der Waals surface area (Å²) in [6, 6.07) is 4.85. The van der Waals surface area contributed by atoms with Crippen molar-refractivity contribution in [1.82, 2.24) is 5.32 Å². The molecule has 0 atom stereocenters. The Hall–Kier alpha value is -1.81. The number of benzene rings is 1. The molecule has 17 heavy (non-hydrogen) atoms. The molecular formula is C13H17NO3. The van der Waals surface area contributed by atoms with Gasteiger partial charge in [0.1, 0.15) is 5.75 Å². The predicted molar refractivity (Wildman–Crippen MR) is 67.5 cm³/mol. The van der Waals surface area contributed by atoms with Crippen molar-refractivity contribution in [2.24, 2.45) is 0 Å². The highest BCUT2D eigenvalue weighted by Gasteiger charge is 2.06. The fraction of sp³-hybridized carbons (Fsp3) is 0.308. The second-order valence-electron chi connectivity index (χ2n) is 3.56. The van der Waals surface area contributed by atoms with Gasteiger partial charge < -0.3 is 15.2 Å². The lowest BCUT2D eigenvalue weighted by atomic mass is 10.1. The van der Waals surface area contributed by atoms with Crippen LogP contribution in [0, 0.1) is 0 Å². The molecule has 0 unspecified atom stereocenters. The summed E-state index contributed by atoms with van der Waals surface area (Å²) in [5.41, 5.74) is 1.11. The van der Waals surface area contributed by atoms with Crippen molar-refractivity contribution in [3.63, 3.8) is 0 Å². The molecule has 4 nitrogen and oxygen atoms in total. The number of methoxy groups -OCH3 is 1. The van der Waals surface area contributed by atoms with E-state index >= 15 is 0 Å². The number of nitrogens with one attached hydrogen (secondary N) is 1. The zero-order chi connectivity index (χ0) is 12.7. The van der Waals surface area contributed by atoms with E-state index in [1.165, 1.54) is 13.2 Å². The summed E-state index contributed by atoms with van der Waals surface area (Å²) in [5, 5.41) is 11.9. The monoisotopic (exact) mass is 235 g/mol. The molecule has 0 aliphatic rings. The largest absolute Gasteiger partial charge is 0.496 e. The molecular weight excluding hydrogens is 218 g/mol. The van der Waals surface area contributed by atoms with E-state index in [9.17, 15) is 4.79 Å². The fourth-order valence-corrected chi connectivity index (χ4v) is 1.42. The highest BCUT2D eigenvalue weighted by molar-refractivity contribution is 5.88. The van der Waals surface area contributed by atoms with Gasteiger partial charge in [0, 0.05) is 5.56 Å². The number of rotatable bonds is 6. The Bertz CT molecular complexity index is 413. The van der Waals surface area contributed by atoms with E-state index in [-0.39, 0.29) is 5.56 Å². The smallest absolute Gasteiger partial charge is 0.335 e. The third kappa shape index (κ3) is 3.92. The van der Waals surface area contributed by atoms with Crippen LogP contribution >= 0.6 is 0 Å². The second-order valence-corrected chi connectivity index (χ2v) is 3.56. The van der Waals surface area contributed by atoms with Crippen LogP contribution in [0.2, 0.25) is 0 Å². The molecule has 0 spiro atoms. The Morgan fingerprint density at radius 3 is 2.88 bits per heavy atom. The average molecular weight is 235 g/mol. The maximum absolute atomic E-state index is 10.8. The van der Waals surface area contributed by atoms with Crippen molar-refractivity contribution >= 4 is 12.0 Å². The lowest BCUT2D eigenvalue weighted by Gasteiger charge is -2.05. The molecule has 0 heterocycles. The molecule has 1 rings (SSSR count). The maximum Gasteiger partial charge on any atom is 0.335 e. The van der Waals surface area contributed by atoms with Gasteiger partial charge >= 0.3 is 5.97 Å². The lowest BCUT2D eigenvalue weighted by Crippen LogP contribution is -2.05. The van der Waals surface area contributed by atoms with Gasteiger partial charge in [-0.25, -0.2) is 4.79 Å². The quantitative estimate of drug-likeness (QED) is 0.740. The molecule has 0 aliphatic heterocycles. The molecule has 0 bridgehead atoms. The Balaban J connectivity index is 2.85. The molecule has 0 aliphatic carbocycles. The summed E-state index contributed by atoms with van der Waals surface area (Å²) in [4.78, 5) is 10.8. The normalized spacial score (nSPS) is 10.7. The van der Waals surface area contributed by atoms with Gasteiger partial charge in [-0.05, 0) is 32.1 Å². The van der Waals surface area contributed by atoms with Gasteiger partial charge in [0.05, 0.1) is 12.7 Å². The van der Waals surface area contributed by atoms with E-state index in [0.717, 1.165) is 18.5 Å². The van der Waals surface area contributed by atoms with Crippen molar-refractivity contribution in [3.8, 4) is 5.75 Å². The highest BCUT2D eigenvalue weighted by atomic mass is 16.5. The first-order valence-corrected chi connectivity index (χ1v) is 5.41. The summed E-state index contributed by atoms with van der Waals surface area (Å²) >= 11 is 0. The third-order valence-electron chi connectivity index (χ3n) is 2.34. The van der Waals surface area contributed by atoms with E-state index in [2.05, 4.69) is 5.32 Å². The Kier molecular flexibility index (Phi) is 5.23. The minimum Gasteiger partial charge on any atom is -0.496 e. The van der Waals surface area contributed by atoms with Gasteiger partial charge in [0.2, 0.25) is 0 Å². The minimum atomic E-state index is -0.950. The van der Waals surface area contributed by atoms with Crippen LogP contribution in [0.3, 0.4) is 0 Å². The van der Waals surface area contributed by atoms with Gasteiger partial charge in [-0.3, -0.25) is 0 Å². The van der Waals surface area contributed by atoms with Gasteiger partial charge in [0.15, 0.2) is 0 Å². The van der Waals surface area contributed by atoms with Gasteiger partial charge in [-0.1, -0.05) is 18.2 Å². The summed E-state index contributed by atoms with van der Waals surface area (Å²) in [5.74, 6) is -0.375. The topological polar surface area (TPSA) is 58.6 Å². The zero-order valence-electron chi connectivity index (χ0n) is 10.1. The summed E-state index contributed by atoms with van der Waals surface area (Å²) in [6.07, 6.45) is 4.87. The van der Waals surface area contributed by atoms with Crippen molar-refractivity contribution in [3.05, 3.63) is 35.4 Å². The van der Waals surface area contributed by atoms with Crippen LogP contribution in [-0.2, 0) is 0 Å². The van der Waals surface area contributed by atoms with Crippen LogP contribution in [0.25, 0.3) is 6.08 Å². The molecule has 1 aromatic rings. The first kappa shape index (κ1) is 13.3. The summed E-state index contributed by atoms with van der Waals surface area (Å²) in [6.45, 7) is 0.909. The molecule has 2 N–H and O–H groups in total. The minimum absolute atomic E-state index is 0.231. The van der Waals surface area contributed by atoms with Gasteiger partial charge in [0.25, 0.3) is 0 Å². The zero-order valence-corrected chi connectivity index (χ0v) is 10.1. The predicted octanol–water partition coefficient (Wildman–Crippen LogP) is 2.02. The van der Waals surface area contributed by atoms with Crippen molar-refractivity contribution in [1.29, 1.82) is 0 Å². The lowest BCUT2D eigenvalue weighted by molar-refractivity contribution is 0.0696. The Labute approximate surface area is 101 Å². The summed E-state index contributed by atoms with van der Waals surface area (Å²) in [7, 11) is 3.43. The van der Waals surface area contributed by atoms with Crippen LogP contribution in [0.5, 0.6) is 5.75 Å². The molecule has 4 heteroatoms. The molecule has 0 fully saturated rings. The van der Waals surface area contributed by atoms with Gasteiger partial charge in [-0.2, -0.15) is 0 Å². The van der Waals surface area contributed by atoms with Crippen molar-refractivity contribution < 1.29 is 14.6 Å². The molecule has 0 aromatic heterocycles. The number of hydrogen-bond acceptors (Lipinski definition) is 3. The molecule has 0 saturated heterocycles. The number of aromatic carboxylic acids is 1. The number of ether oxygens (including phenoxy) is 1. The fourth-order valence-electron chi connectivity index (χ4n) is 1.42. The molecule has 1 aromatic carbocycles. The Morgan fingerprint density at radius 1 is 1.53 bits per heavy atom. The molecule has 0 saturated carbocycles. The van der Waals surface area contributed by atoms with E-state index < -0.39 is 5.97 Å². The maximum atomic E-state index is 10.8.